The third kappa shape index (κ3) is 4.47. The predicted molar refractivity (Wildman–Crippen MR) is 71.7 cm³/mol. The summed E-state index contributed by atoms with van der Waals surface area (Å²) in [5.41, 5.74) is 1.23. The molecule has 1 aromatic carbocycles. The summed E-state index contributed by atoms with van der Waals surface area (Å²) in [7, 11) is 2.92. The van der Waals surface area contributed by atoms with Crippen LogP contribution in [0.3, 0.4) is 0 Å². The first-order chi connectivity index (χ1) is 8.77. The molecular formula is C15H13NO2. The molecule has 1 rings (SSSR count). The molecule has 0 aromatic heterocycles. The van der Waals surface area contributed by atoms with Gasteiger partial charge in [-0.3, -0.25) is 0 Å². The standard InChI is InChI=1S/C15H13NO2/c1-13(17-2)15(16-18-3)12-8-7-11-14-9-5-4-6-10-14/h4-6,9-10H,1H2,2-3H3/b16-15+. The second-order valence-electron chi connectivity index (χ2n) is 3.12. The van der Waals surface area contributed by atoms with Crippen LogP contribution in [-0.4, -0.2) is 19.9 Å². The predicted octanol–water partition coefficient (Wildman–Crippen LogP) is 2.20. The van der Waals surface area contributed by atoms with Crippen LogP contribution in [0.15, 0.2) is 47.8 Å². The Balaban J connectivity index is 2.79. The van der Waals surface area contributed by atoms with Crippen molar-refractivity contribution in [2.45, 2.75) is 0 Å². The molecule has 0 aliphatic heterocycles. The van der Waals surface area contributed by atoms with Crippen molar-refractivity contribution in [3.63, 3.8) is 0 Å². The van der Waals surface area contributed by atoms with Crippen LogP contribution < -0.4 is 0 Å². The van der Waals surface area contributed by atoms with Crippen molar-refractivity contribution in [2.24, 2.45) is 5.16 Å². The normalized spacial score (nSPS) is 9.33. The molecule has 3 heteroatoms. The maximum atomic E-state index is 4.92. The summed E-state index contributed by atoms with van der Waals surface area (Å²) < 4.78 is 4.92. The van der Waals surface area contributed by atoms with Gasteiger partial charge in [0.1, 0.15) is 12.9 Å². The second kappa shape index (κ2) is 7.60. The van der Waals surface area contributed by atoms with E-state index in [9.17, 15) is 0 Å². The second-order valence-corrected chi connectivity index (χ2v) is 3.12. The fraction of sp³-hybridized carbons (Fsp3) is 0.133. The highest BCUT2D eigenvalue weighted by molar-refractivity contribution is 6.11. The zero-order valence-corrected chi connectivity index (χ0v) is 10.4. The molecule has 3 nitrogen and oxygen atoms in total. The van der Waals surface area contributed by atoms with Crippen LogP contribution in [-0.2, 0) is 9.57 Å². The summed E-state index contributed by atoms with van der Waals surface area (Å²) in [4.78, 5) is 4.64. The molecule has 18 heavy (non-hydrogen) atoms. The highest BCUT2D eigenvalue weighted by Crippen LogP contribution is 1.96. The fourth-order valence-corrected chi connectivity index (χ4v) is 1.05. The Bertz CT molecular complexity index is 551. The third-order valence-corrected chi connectivity index (χ3v) is 1.92. The van der Waals surface area contributed by atoms with Gasteiger partial charge in [0.25, 0.3) is 0 Å². The number of rotatable bonds is 3. The molecule has 0 heterocycles. The van der Waals surface area contributed by atoms with Gasteiger partial charge in [0.15, 0.2) is 5.71 Å². The zero-order chi connectivity index (χ0) is 13.2. The number of ether oxygens (including phenoxy) is 1. The fourth-order valence-electron chi connectivity index (χ4n) is 1.05. The summed E-state index contributed by atoms with van der Waals surface area (Å²) in [5.74, 6) is 11.4. The van der Waals surface area contributed by atoms with Gasteiger partial charge in [-0.1, -0.05) is 35.9 Å². The van der Waals surface area contributed by atoms with E-state index in [4.69, 9.17) is 4.74 Å². The maximum absolute atomic E-state index is 4.92. The van der Waals surface area contributed by atoms with Crippen LogP contribution in [0.25, 0.3) is 0 Å². The van der Waals surface area contributed by atoms with E-state index in [0.29, 0.717) is 11.5 Å². The van der Waals surface area contributed by atoms with Crippen LogP contribution >= 0.6 is 0 Å². The van der Waals surface area contributed by atoms with Crippen molar-refractivity contribution in [1.82, 2.24) is 0 Å². The molecule has 0 radical (unpaired) electrons. The zero-order valence-electron chi connectivity index (χ0n) is 10.4. The van der Waals surface area contributed by atoms with Crippen LogP contribution in [0, 0.1) is 23.7 Å². The van der Waals surface area contributed by atoms with E-state index in [-0.39, 0.29) is 0 Å². The molecule has 0 aliphatic rings. The van der Waals surface area contributed by atoms with Crippen molar-refractivity contribution < 1.29 is 9.57 Å². The Morgan fingerprint density at radius 3 is 2.50 bits per heavy atom. The first-order valence-electron chi connectivity index (χ1n) is 5.19. The Morgan fingerprint density at radius 2 is 1.89 bits per heavy atom. The molecule has 0 amide bonds. The molecule has 0 spiro atoms. The van der Waals surface area contributed by atoms with Gasteiger partial charge in [-0.2, -0.15) is 0 Å². The molecule has 0 unspecified atom stereocenters. The van der Waals surface area contributed by atoms with Gasteiger partial charge >= 0.3 is 0 Å². The highest BCUT2D eigenvalue weighted by Gasteiger charge is 2.00. The minimum Gasteiger partial charge on any atom is -0.494 e. The van der Waals surface area contributed by atoms with E-state index in [0.717, 1.165) is 5.56 Å². The number of hydrogen-bond acceptors (Lipinski definition) is 3. The van der Waals surface area contributed by atoms with Crippen molar-refractivity contribution >= 4 is 5.71 Å². The Labute approximate surface area is 107 Å². The molecule has 0 aliphatic carbocycles. The van der Waals surface area contributed by atoms with E-state index in [1.54, 1.807) is 0 Å². The average molecular weight is 239 g/mol. The minimum atomic E-state index is 0.322. The van der Waals surface area contributed by atoms with Gasteiger partial charge in [-0.25, -0.2) is 0 Å². The lowest BCUT2D eigenvalue weighted by atomic mass is 10.2. The van der Waals surface area contributed by atoms with Gasteiger partial charge < -0.3 is 9.57 Å². The number of hydrogen-bond donors (Lipinski definition) is 0. The summed E-state index contributed by atoms with van der Waals surface area (Å²) in [5, 5.41) is 3.69. The molecule has 90 valence electrons. The summed E-state index contributed by atoms with van der Waals surface area (Å²) >= 11 is 0. The molecule has 0 saturated heterocycles. The Hall–Kier alpha value is -2.65. The lowest BCUT2D eigenvalue weighted by molar-refractivity contribution is 0.211. The maximum Gasteiger partial charge on any atom is 0.194 e. The SMILES string of the molecule is C=C(OC)/C(C#CC#Cc1ccccc1)=N/OC. The van der Waals surface area contributed by atoms with Crippen molar-refractivity contribution in [2.75, 3.05) is 14.2 Å². The number of allylic oxidation sites excluding steroid dienone is 1. The Kier molecular flexibility index (Phi) is 5.66. The summed E-state index contributed by atoms with van der Waals surface area (Å²) in [6.45, 7) is 3.65. The van der Waals surface area contributed by atoms with Crippen LogP contribution in [0.2, 0.25) is 0 Å². The third-order valence-electron chi connectivity index (χ3n) is 1.92. The molecule has 0 bridgehead atoms. The van der Waals surface area contributed by atoms with Crippen LogP contribution in [0.4, 0.5) is 0 Å². The number of oxime groups is 1. The van der Waals surface area contributed by atoms with Gasteiger partial charge in [-0.05, 0) is 29.9 Å². The first-order valence-corrected chi connectivity index (χ1v) is 5.19. The number of nitrogens with zero attached hydrogens (tertiary/aromatic N) is 1. The first kappa shape index (κ1) is 13.4. The van der Waals surface area contributed by atoms with E-state index >= 15 is 0 Å². The van der Waals surface area contributed by atoms with Gasteiger partial charge in [0, 0.05) is 5.56 Å². The molecule has 1 aromatic rings. The molecular weight excluding hydrogens is 226 g/mol. The lowest BCUT2D eigenvalue weighted by Crippen LogP contribution is -2.01. The number of methoxy groups -OCH3 is 1. The van der Waals surface area contributed by atoms with E-state index in [2.05, 4.69) is 40.3 Å². The van der Waals surface area contributed by atoms with Gasteiger partial charge in [-0.15, -0.1) is 0 Å². The quantitative estimate of drug-likeness (QED) is 0.350. The Morgan fingerprint density at radius 1 is 1.17 bits per heavy atom. The van der Waals surface area contributed by atoms with Crippen LogP contribution in [0.1, 0.15) is 5.56 Å². The highest BCUT2D eigenvalue weighted by atomic mass is 16.6. The molecule has 0 atom stereocenters. The van der Waals surface area contributed by atoms with Crippen molar-refractivity contribution in [1.29, 1.82) is 0 Å². The molecule has 0 N–H and O–H groups in total. The largest absolute Gasteiger partial charge is 0.494 e. The monoisotopic (exact) mass is 239 g/mol. The average Bonchev–Trinajstić information content (AvgIpc) is 2.42. The van der Waals surface area contributed by atoms with Crippen LogP contribution in [0.5, 0.6) is 0 Å². The van der Waals surface area contributed by atoms with Crippen molar-refractivity contribution in [3.05, 3.63) is 48.2 Å². The summed E-state index contributed by atoms with van der Waals surface area (Å²) in [6, 6.07) is 9.59. The van der Waals surface area contributed by atoms with E-state index in [1.807, 2.05) is 30.3 Å². The lowest BCUT2D eigenvalue weighted by Gasteiger charge is -1.99. The van der Waals surface area contributed by atoms with Gasteiger partial charge in [0.05, 0.1) is 7.11 Å². The van der Waals surface area contributed by atoms with E-state index in [1.165, 1.54) is 14.2 Å². The van der Waals surface area contributed by atoms with Gasteiger partial charge in [0.2, 0.25) is 0 Å². The number of benzene rings is 1. The van der Waals surface area contributed by atoms with E-state index < -0.39 is 0 Å². The summed E-state index contributed by atoms with van der Waals surface area (Å²) in [6.07, 6.45) is 0. The minimum absolute atomic E-state index is 0.322. The van der Waals surface area contributed by atoms with Crippen molar-refractivity contribution in [3.8, 4) is 23.7 Å². The topological polar surface area (TPSA) is 30.8 Å². The smallest absolute Gasteiger partial charge is 0.194 e. The molecule has 0 saturated carbocycles. The molecule has 0 fully saturated rings.